The molecule has 0 saturated carbocycles. The Morgan fingerprint density at radius 1 is 0.895 bits per heavy atom. The van der Waals surface area contributed by atoms with Crippen molar-refractivity contribution < 1.29 is 4.79 Å². The van der Waals surface area contributed by atoms with Crippen molar-refractivity contribution in [3.8, 4) is 5.82 Å². The average molecular weight is 250 g/mol. The van der Waals surface area contributed by atoms with Gasteiger partial charge in [-0.1, -0.05) is 12.1 Å². The van der Waals surface area contributed by atoms with Crippen molar-refractivity contribution in [2.75, 3.05) is 0 Å². The van der Waals surface area contributed by atoms with Crippen molar-refractivity contribution in [3.05, 3.63) is 72.7 Å². The lowest BCUT2D eigenvalue weighted by Gasteiger charge is -2.05. The van der Waals surface area contributed by atoms with Crippen LogP contribution >= 0.6 is 0 Å². The molecule has 0 atom stereocenters. The monoisotopic (exact) mass is 250 g/mol. The fourth-order valence-electron chi connectivity index (χ4n) is 1.76. The number of imidazole rings is 1. The van der Waals surface area contributed by atoms with Crippen LogP contribution in [0.15, 0.2) is 61.2 Å². The Bertz CT molecular complexity index is 692. The number of hydrogen-bond acceptors (Lipinski definition) is 4. The molecular formula is C14H10N4O. The van der Waals surface area contributed by atoms with E-state index < -0.39 is 0 Å². The summed E-state index contributed by atoms with van der Waals surface area (Å²) >= 11 is 0. The maximum absolute atomic E-state index is 12.3. The van der Waals surface area contributed by atoms with Crippen molar-refractivity contribution in [1.82, 2.24) is 19.5 Å². The molecule has 0 N–H and O–H groups in total. The van der Waals surface area contributed by atoms with Crippen LogP contribution < -0.4 is 0 Å². The number of carbonyl (C=O) groups is 1. The smallest absolute Gasteiger partial charge is 0.247 e. The first-order valence-electron chi connectivity index (χ1n) is 5.77. The second-order valence-corrected chi connectivity index (χ2v) is 3.85. The molecule has 0 aliphatic carbocycles. The van der Waals surface area contributed by atoms with Gasteiger partial charge in [0, 0.05) is 24.8 Å². The molecule has 0 amide bonds. The SMILES string of the molecule is O=C(c1ccccn1)c1nccn1-c1ccccn1. The third kappa shape index (κ3) is 2.13. The molecule has 0 aromatic carbocycles. The highest BCUT2D eigenvalue weighted by Gasteiger charge is 2.17. The number of nitrogens with zero attached hydrogens (tertiary/aromatic N) is 4. The summed E-state index contributed by atoms with van der Waals surface area (Å²) in [6.45, 7) is 0. The van der Waals surface area contributed by atoms with Crippen LogP contribution in [0.3, 0.4) is 0 Å². The Balaban J connectivity index is 2.04. The summed E-state index contributed by atoms with van der Waals surface area (Å²) in [7, 11) is 0. The zero-order chi connectivity index (χ0) is 13.1. The average Bonchev–Trinajstić information content (AvgIpc) is 2.98. The highest BCUT2D eigenvalue weighted by molar-refractivity contribution is 6.05. The molecule has 92 valence electrons. The van der Waals surface area contributed by atoms with Crippen molar-refractivity contribution >= 4 is 5.78 Å². The first-order valence-corrected chi connectivity index (χ1v) is 5.77. The van der Waals surface area contributed by atoms with E-state index in [1.807, 2.05) is 18.2 Å². The maximum atomic E-state index is 12.3. The molecule has 5 nitrogen and oxygen atoms in total. The summed E-state index contributed by atoms with van der Waals surface area (Å²) in [4.78, 5) is 24.7. The fourth-order valence-corrected chi connectivity index (χ4v) is 1.76. The first kappa shape index (κ1) is 11.3. The van der Waals surface area contributed by atoms with Crippen LogP contribution in [0.1, 0.15) is 16.3 Å². The van der Waals surface area contributed by atoms with Gasteiger partial charge in [0.25, 0.3) is 0 Å². The molecule has 0 unspecified atom stereocenters. The van der Waals surface area contributed by atoms with E-state index in [0.717, 1.165) is 0 Å². The topological polar surface area (TPSA) is 60.7 Å². The van der Waals surface area contributed by atoms with Crippen molar-refractivity contribution in [3.63, 3.8) is 0 Å². The van der Waals surface area contributed by atoms with Crippen molar-refractivity contribution in [1.29, 1.82) is 0 Å². The second-order valence-electron chi connectivity index (χ2n) is 3.85. The number of pyridine rings is 2. The number of hydrogen-bond donors (Lipinski definition) is 0. The largest absolute Gasteiger partial charge is 0.283 e. The van der Waals surface area contributed by atoms with E-state index in [1.165, 1.54) is 0 Å². The Labute approximate surface area is 109 Å². The summed E-state index contributed by atoms with van der Waals surface area (Å²) in [5.41, 5.74) is 0.367. The predicted molar refractivity (Wildman–Crippen MR) is 69.0 cm³/mol. The van der Waals surface area contributed by atoms with Gasteiger partial charge in [-0.3, -0.25) is 14.3 Å². The number of aromatic nitrogens is 4. The van der Waals surface area contributed by atoms with Crippen LogP contribution in [0.5, 0.6) is 0 Å². The molecule has 0 aliphatic heterocycles. The molecule has 3 rings (SSSR count). The molecule has 3 heterocycles. The zero-order valence-electron chi connectivity index (χ0n) is 9.97. The third-order valence-corrected chi connectivity index (χ3v) is 2.64. The minimum absolute atomic E-state index is 0.226. The lowest BCUT2D eigenvalue weighted by Crippen LogP contribution is -2.12. The van der Waals surface area contributed by atoms with Gasteiger partial charge >= 0.3 is 0 Å². The van der Waals surface area contributed by atoms with Crippen LogP contribution in [0.25, 0.3) is 5.82 Å². The molecule has 3 aromatic heterocycles. The van der Waals surface area contributed by atoms with E-state index >= 15 is 0 Å². The van der Waals surface area contributed by atoms with Gasteiger partial charge in [0.05, 0.1) is 0 Å². The normalized spacial score (nSPS) is 10.3. The lowest BCUT2D eigenvalue weighted by molar-refractivity contribution is 0.102. The fraction of sp³-hybridized carbons (Fsp3) is 0. The lowest BCUT2D eigenvalue weighted by atomic mass is 10.2. The van der Waals surface area contributed by atoms with Gasteiger partial charge < -0.3 is 0 Å². The third-order valence-electron chi connectivity index (χ3n) is 2.64. The number of carbonyl (C=O) groups excluding carboxylic acids is 1. The van der Waals surface area contributed by atoms with Gasteiger partial charge in [-0.2, -0.15) is 0 Å². The van der Waals surface area contributed by atoms with Crippen LogP contribution in [-0.4, -0.2) is 25.3 Å². The molecule has 19 heavy (non-hydrogen) atoms. The molecule has 0 aliphatic rings. The molecule has 0 fully saturated rings. The molecular weight excluding hydrogens is 240 g/mol. The van der Waals surface area contributed by atoms with Gasteiger partial charge in [0.1, 0.15) is 11.5 Å². The molecule has 0 bridgehead atoms. The minimum Gasteiger partial charge on any atom is -0.283 e. The van der Waals surface area contributed by atoms with E-state index in [4.69, 9.17) is 0 Å². The molecule has 0 spiro atoms. The number of rotatable bonds is 3. The van der Waals surface area contributed by atoms with E-state index in [-0.39, 0.29) is 5.78 Å². The molecule has 0 saturated heterocycles. The van der Waals surface area contributed by atoms with Crippen LogP contribution in [0, 0.1) is 0 Å². The summed E-state index contributed by atoms with van der Waals surface area (Å²) in [6.07, 6.45) is 6.54. The number of ketones is 1. The van der Waals surface area contributed by atoms with E-state index in [9.17, 15) is 4.79 Å². The van der Waals surface area contributed by atoms with Gasteiger partial charge in [-0.05, 0) is 24.3 Å². The minimum atomic E-state index is -0.226. The Kier molecular flexibility index (Phi) is 2.86. The Morgan fingerprint density at radius 2 is 1.68 bits per heavy atom. The van der Waals surface area contributed by atoms with E-state index in [2.05, 4.69) is 15.0 Å². The molecule has 0 radical (unpaired) electrons. The predicted octanol–water partition coefficient (Wildman–Crippen LogP) is 1.89. The standard InChI is InChI=1S/C14H10N4O/c19-13(11-5-1-3-7-15-11)14-17-9-10-18(14)12-6-2-4-8-16-12/h1-10H. The second kappa shape index (κ2) is 4.81. The van der Waals surface area contributed by atoms with Crippen molar-refractivity contribution in [2.24, 2.45) is 0 Å². The van der Waals surface area contributed by atoms with E-state index in [0.29, 0.717) is 17.3 Å². The molecule has 3 aromatic rings. The zero-order valence-corrected chi connectivity index (χ0v) is 9.97. The maximum Gasteiger partial charge on any atom is 0.247 e. The summed E-state index contributed by atoms with van der Waals surface area (Å²) in [5.74, 6) is 0.730. The summed E-state index contributed by atoms with van der Waals surface area (Å²) in [5, 5.41) is 0. The summed E-state index contributed by atoms with van der Waals surface area (Å²) in [6, 6.07) is 10.7. The van der Waals surface area contributed by atoms with Crippen LogP contribution in [-0.2, 0) is 0 Å². The van der Waals surface area contributed by atoms with E-state index in [1.54, 1.807) is 47.6 Å². The van der Waals surface area contributed by atoms with Gasteiger partial charge in [0.2, 0.25) is 5.78 Å². The first-order chi connectivity index (χ1) is 9.36. The molecule has 5 heteroatoms. The van der Waals surface area contributed by atoms with Gasteiger partial charge in [0.15, 0.2) is 5.82 Å². The Morgan fingerprint density at radius 3 is 2.37 bits per heavy atom. The van der Waals surface area contributed by atoms with Gasteiger partial charge in [-0.25, -0.2) is 9.97 Å². The summed E-state index contributed by atoms with van der Waals surface area (Å²) < 4.78 is 1.65. The van der Waals surface area contributed by atoms with Crippen molar-refractivity contribution in [2.45, 2.75) is 0 Å². The van der Waals surface area contributed by atoms with Gasteiger partial charge in [-0.15, -0.1) is 0 Å². The van der Waals surface area contributed by atoms with Crippen LogP contribution in [0.2, 0.25) is 0 Å². The highest BCUT2D eigenvalue weighted by Crippen LogP contribution is 2.10. The van der Waals surface area contributed by atoms with Crippen LogP contribution in [0.4, 0.5) is 0 Å². The Hall–Kier alpha value is -2.82. The quantitative estimate of drug-likeness (QED) is 0.666. The highest BCUT2D eigenvalue weighted by atomic mass is 16.1.